The van der Waals surface area contributed by atoms with Crippen molar-refractivity contribution in [2.45, 2.75) is 37.6 Å². The summed E-state index contributed by atoms with van der Waals surface area (Å²) in [5.41, 5.74) is 1.15. The number of sulfone groups is 1. The number of amides is 1. The summed E-state index contributed by atoms with van der Waals surface area (Å²) in [6, 6.07) is 8.45. The van der Waals surface area contributed by atoms with Gasteiger partial charge in [0.15, 0.2) is 9.84 Å². The Labute approximate surface area is 161 Å². The standard InChI is InChI=1S/C20H28N2O4S/c23-20(15-16-7-12-26-19-4-2-1-3-18(16)19)22-8-5-17(6-9-22)21-10-13-27(24,25)14-11-21/h1-4,16-17H,5-15H2. The minimum absolute atomic E-state index is 0.233. The second-order valence-electron chi connectivity index (χ2n) is 7.88. The summed E-state index contributed by atoms with van der Waals surface area (Å²) in [4.78, 5) is 17.1. The van der Waals surface area contributed by atoms with Crippen LogP contribution in [0.15, 0.2) is 24.3 Å². The molecule has 1 aromatic carbocycles. The number of benzene rings is 1. The fraction of sp³-hybridized carbons (Fsp3) is 0.650. The zero-order chi connectivity index (χ0) is 18.9. The number of piperidine rings is 1. The number of nitrogens with zero attached hydrogens (tertiary/aromatic N) is 2. The predicted molar refractivity (Wildman–Crippen MR) is 104 cm³/mol. The van der Waals surface area contributed by atoms with Crippen molar-refractivity contribution in [1.82, 2.24) is 9.80 Å². The summed E-state index contributed by atoms with van der Waals surface area (Å²) in [5.74, 6) is 1.94. The summed E-state index contributed by atoms with van der Waals surface area (Å²) < 4.78 is 28.9. The Balaban J connectivity index is 1.29. The average molecular weight is 393 g/mol. The molecule has 2 fully saturated rings. The molecule has 27 heavy (non-hydrogen) atoms. The van der Waals surface area contributed by atoms with Gasteiger partial charge in [0.05, 0.1) is 18.1 Å². The lowest BCUT2D eigenvalue weighted by atomic mass is 9.89. The van der Waals surface area contributed by atoms with Crippen LogP contribution in [0, 0.1) is 0 Å². The van der Waals surface area contributed by atoms with Gasteiger partial charge in [0.25, 0.3) is 0 Å². The van der Waals surface area contributed by atoms with Crippen molar-refractivity contribution in [3.63, 3.8) is 0 Å². The number of carbonyl (C=O) groups excluding carboxylic acids is 1. The number of hydrogen-bond donors (Lipinski definition) is 0. The van der Waals surface area contributed by atoms with Crippen LogP contribution in [0.25, 0.3) is 0 Å². The van der Waals surface area contributed by atoms with Crippen molar-refractivity contribution in [1.29, 1.82) is 0 Å². The van der Waals surface area contributed by atoms with E-state index in [-0.39, 0.29) is 23.3 Å². The van der Waals surface area contributed by atoms with Crippen LogP contribution in [0.2, 0.25) is 0 Å². The van der Waals surface area contributed by atoms with Crippen molar-refractivity contribution in [3.8, 4) is 5.75 Å². The SMILES string of the molecule is O=C(CC1CCOc2ccccc21)N1CCC(N2CCS(=O)(=O)CC2)CC1. The molecule has 1 amide bonds. The van der Waals surface area contributed by atoms with Gasteiger partial charge < -0.3 is 9.64 Å². The minimum Gasteiger partial charge on any atom is -0.493 e. The third-order valence-corrected chi connectivity index (χ3v) is 7.83. The van der Waals surface area contributed by atoms with E-state index in [1.807, 2.05) is 23.1 Å². The maximum atomic E-state index is 12.8. The lowest BCUT2D eigenvalue weighted by Crippen LogP contribution is -2.51. The van der Waals surface area contributed by atoms with E-state index in [1.54, 1.807) is 0 Å². The molecule has 0 N–H and O–H groups in total. The number of rotatable bonds is 3. The molecular weight excluding hydrogens is 364 g/mol. The first-order valence-corrected chi connectivity index (χ1v) is 11.8. The molecule has 2 saturated heterocycles. The van der Waals surface area contributed by atoms with Crippen LogP contribution in [0.3, 0.4) is 0 Å². The predicted octanol–water partition coefficient (Wildman–Crippen LogP) is 1.66. The third-order valence-electron chi connectivity index (χ3n) is 6.22. The molecule has 6 nitrogen and oxygen atoms in total. The average Bonchev–Trinajstić information content (AvgIpc) is 2.68. The molecule has 0 aliphatic carbocycles. The van der Waals surface area contributed by atoms with E-state index in [1.165, 1.54) is 0 Å². The van der Waals surface area contributed by atoms with Gasteiger partial charge >= 0.3 is 0 Å². The second kappa shape index (κ2) is 7.80. The largest absolute Gasteiger partial charge is 0.493 e. The van der Waals surface area contributed by atoms with Crippen LogP contribution in [0.5, 0.6) is 5.75 Å². The number of fused-ring (bicyclic) bond motifs is 1. The molecule has 148 valence electrons. The van der Waals surface area contributed by atoms with Crippen LogP contribution in [-0.4, -0.2) is 74.5 Å². The first kappa shape index (κ1) is 18.7. The Morgan fingerprint density at radius 2 is 1.74 bits per heavy atom. The van der Waals surface area contributed by atoms with Crippen molar-refractivity contribution in [2.24, 2.45) is 0 Å². The molecule has 0 bridgehead atoms. The Morgan fingerprint density at radius 3 is 2.48 bits per heavy atom. The molecule has 3 aliphatic heterocycles. The molecule has 3 heterocycles. The van der Waals surface area contributed by atoms with Crippen LogP contribution in [0.1, 0.15) is 37.2 Å². The Bertz CT molecular complexity index is 773. The number of hydrogen-bond acceptors (Lipinski definition) is 5. The van der Waals surface area contributed by atoms with Crippen molar-refractivity contribution in [3.05, 3.63) is 29.8 Å². The normalized spacial score (nSPS) is 26.2. The highest BCUT2D eigenvalue weighted by Crippen LogP contribution is 2.36. The van der Waals surface area contributed by atoms with Gasteiger partial charge in [0.2, 0.25) is 5.91 Å². The summed E-state index contributed by atoms with van der Waals surface area (Å²) in [6.07, 6.45) is 3.32. The summed E-state index contributed by atoms with van der Waals surface area (Å²) in [7, 11) is -2.84. The van der Waals surface area contributed by atoms with E-state index in [0.29, 0.717) is 32.2 Å². The molecule has 0 radical (unpaired) electrons. The van der Waals surface area contributed by atoms with E-state index < -0.39 is 9.84 Å². The van der Waals surface area contributed by atoms with Crippen LogP contribution in [0.4, 0.5) is 0 Å². The summed E-state index contributed by atoms with van der Waals surface area (Å²) in [6.45, 7) is 3.50. The summed E-state index contributed by atoms with van der Waals surface area (Å²) >= 11 is 0. The second-order valence-corrected chi connectivity index (χ2v) is 10.2. The van der Waals surface area contributed by atoms with Crippen molar-refractivity contribution in [2.75, 3.05) is 44.3 Å². The molecule has 0 spiro atoms. The Hall–Kier alpha value is -1.60. The Kier molecular flexibility index (Phi) is 5.41. The van der Waals surface area contributed by atoms with E-state index in [0.717, 1.165) is 43.7 Å². The zero-order valence-electron chi connectivity index (χ0n) is 15.7. The van der Waals surface area contributed by atoms with Gasteiger partial charge in [-0.3, -0.25) is 9.69 Å². The first-order chi connectivity index (χ1) is 13.0. The Morgan fingerprint density at radius 1 is 1.04 bits per heavy atom. The number of likely N-dealkylation sites (tertiary alicyclic amines) is 1. The smallest absolute Gasteiger partial charge is 0.223 e. The topological polar surface area (TPSA) is 66.9 Å². The van der Waals surface area contributed by atoms with Gasteiger partial charge in [-0.15, -0.1) is 0 Å². The molecule has 1 aromatic rings. The molecule has 0 saturated carbocycles. The van der Waals surface area contributed by atoms with Crippen molar-refractivity contribution < 1.29 is 17.9 Å². The van der Waals surface area contributed by atoms with Gasteiger partial charge in [-0.05, 0) is 36.8 Å². The molecular formula is C20H28N2O4S. The molecule has 1 atom stereocenters. The number of ether oxygens (including phenoxy) is 1. The first-order valence-electron chi connectivity index (χ1n) is 9.96. The van der Waals surface area contributed by atoms with Gasteiger partial charge in [-0.25, -0.2) is 8.42 Å². The van der Waals surface area contributed by atoms with Gasteiger partial charge in [0.1, 0.15) is 5.75 Å². The molecule has 4 rings (SSSR count). The maximum Gasteiger partial charge on any atom is 0.223 e. The van der Waals surface area contributed by atoms with E-state index in [4.69, 9.17) is 4.74 Å². The lowest BCUT2D eigenvalue weighted by Gasteiger charge is -2.40. The van der Waals surface area contributed by atoms with Gasteiger partial charge in [-0.1, -0.05) is 18.2 Å². The van der Waals surface area contributed by atoms with Gasteiger partial charge in [-0.2, -0.15) is 0 Å². The third kappa shape index (κ3) is 4.29. The fourth-order valence-electron chi connectivity index (χ4n) is 4.54. The van der Waals surface area contributed by atoms with E-state index in [2.05, 4.69) is 11.0 Å². The highest BCUT2D eigenvalue weighted by atomic mass is 32.2. The highest BCUT2D eigenvalue weighted by Gasteiger charge is 2.32. The van der Waals surface area contributed by atoms with Crippen molar-refractivity contribution >= 4 is 15.7 Å². The summed E-state index contributed by atoms with van der Waals surface area (Å²) in [5, 5.41) is 0. The van der Waals surface area contributed by atoms with Crippen LogP contribution >= 0.6 is 0 Å². The molecule has 1 unspecified atom stereocenters. The van der Waals surface area contributed by atoms with Gasteiger partial charge in [0, 0.05) is 38.6 Å². The van der Waals surface area contributed by atoms with Crippen LogP contribution in [-0.2, 0) is 14.6 Å². The van der Waals surface area contributed by atoms with E-state index >= 15 is 0 Å². The zero-order valence-corrected chi connectivity index (χ0v) is 16.5. The van der Waals surface area contributed by atoms with Crippen LogP contribution < -0.4 is 4.74 Å². The minimum atomic E-state index is -2.84. The number of para-hydroxylation sites is 1. The lowest BCUT2D eigenvalue weighted by molar-refractivity contribution is -0.133. The quantitative estimate of drug-likeness (QED) is 0.783. The van der Waals surface area contributed by atoms with E-state index in [9.17, 15) is 13.2 Å². The maximum absolute atomic E-state index is 12.8. The number of carbonyl (C=O) groups is 1. The monoisotopic (exact) mass is 392 g/mol. The molecule has 3 aliphatic rings. The molecule has 0 aromatic heterocycles. The fourth-order valence-corrected chi connectivity index (χ4v) is 5.77. The highest BCUT2D eigenvalue weighted by molar-refractivity contribution is 7.91. The molecule has 7 heteroatoms.